The highest BCUT2D eigenvalue weighted by Crippen LogP contribution is 2.31. The molecule has 0 unspecified atom stereocenters. The molecule has 0 N–H and O–H groups in total. The van der Waals surface area contributed by atoms with Gasteiger partial charge in [-0.25, -0.2) is 0 Å². The molecule has 31 heavy (non-hydrogen) atoms. The molecule has 0 radical (unpaired) electrons. The minimum absolute atomic E-state index is 0.0248. The van der Waals surface area contributed by atoms with Crippen LogP contribution in [0.25, 0.3) is 0 Å². The molecule has 7 nitrogen and oxygen atoms in total. The highest BCUT2D eigenvalue weighted by Gasteiger charge is 2.16. The summed E-state index contributed by atoms with van der Waals surface area (Å²) >= 11 is 0. The zero-order chi connectivity index (χ0) is 22.2. The number of halogens is 2. The first-order valence-electron chi connectivity index (χ1n) is 9.66. The van der Waals surface area contributed by atoms with E-state index >= 15 is 0 Å². The molecule has 0 spiro atoms. The maximum absolute atomic E-state index is 12.4. The average molecular weight is 436 g/mol. The van der Waals surface area contributed by atoms with Crippen molar-refractivity contribution < 1.29 is 42.1 Å². The van der Waals surface area contributed by atoms with E-state index in [9.17, 15) is 18.4 Å². The van der Waals surface area contributed by atoms with Gasteiger partial charge in [-0.05, 0) is 35.9 Å². The SMILES string of the molecule is COc1cc(COC(=O)CCC(=O)c2ccc3c(c2)OCCCO3)ccc1OC(F)F. The van der Waals surface area contributed by atoms with Crippen molar-refractivity contribution in [1.82, 2.24) is 0 Å². The van der Waals surface area contributed by atoms with E-state index in [4.69, 9.17) is 18.9 Å². The number of fused-ring (bicyclic) bond motifs is 1. The third-order valence-corrected chi connectivity index (χ3v) is 4.47. The third-order valence-electron chi connectivity index (χ3n) is 4.47. The van der Waals surface area contributed by atoms with Crippen LogP contribution in [0.4, 0.5) is 8.78 Å². The van der Waals surface area contributed by atoms with Crippen molar-refractivity contribution in [2.75, 3.05) is 20.3 Å². The fraction of sp³-hybridized carbons (Fsp3) is 0.364. The minimum Gasteiger partial charge on any atom is -0.493 e. The molecule has 1 aliphatic rings. The van der Waals surface area contributed by atoms with Crippen molar-refractivity contribution in [3.05, 3.63) is 47.5 Å². The number of ether oxygens (including phenoxy) is 5. The highest BCUT2D eigenvalue weighted by molar-refractivity contribution is 5.98. The number of methoxy groups -OCH3 is 1. The topological polar surface area (TPSA) is 80.3 Å². The van der Waals surface area contributed by atoms with Crippen LogP contribution < -0.4 is 18.9 Å². The smallest absolute Gasteiger partial charge is 0.387 e. The third kappa shape index (κ3) is 6.31. The second kappa shape index (κ2) is 10.6. The van der Waals surface area contributed by atoms with E-state index < -0.39 is 12.6 Å². The zero-order valence-corrected chi connectivity index (χ0v) is 16.9. The highest BCUT2D eigenvalue weighted by atomic mass is 19.3. The number of carbonyl (C=O) groups is 2. The van der Waals surface area contributed by atoms with Crippen LogP contribution in [0.1, 0.15) is 35.2 Å². The van der Waals surface area contributed by atoms with Crippen LogP contribution >= 0.6 is 0 Å². The first-order chi connectivity index (χ1) is 15.0. The maximum atomic E-state index is 12.4. The van der Waals surface area contributed by atoms with E-state index in [-0.39, 0.29) is 36.7 Å². The fourth-order valence-corrected chi connectivity index (χ4v) is 2.93. The monoisotopic (exact) mass is 436 g/mol. The van der Waals surface area contributed by atoms with Crippen LogP contribution in [0.2, 0.25) is 0 Å². The van der Waals surface area contributed by atoms with E-state index in [0.29, 0.717) is 35.8 Å². The molecule has 9 heteroatoms. The first kappa shape index (κ1) is 22.3. The molecule has 0 saturated heterocycles. The van der Waals surface area contributed by atoms with Gasteiger partial charge in [-0.3, -0.25) is 9.59 Å². The van der Waals surface area contributed by atoms with E-state index in [1.165, 1.54) is 25.3 Å². The summed E-state index contributed by atoms with van der Waals surface area (Å²) in [6.07, 6.45) is 0.637. The first-order valence-corrected chi connectivity index (χ1v) is 9.66. The molecule has 3 rings (SSSR count). The molecule has 0 fully saturated rings. The number of Topliss-reactive ketones (excluding diaryl/α,β-unsaturated/α-hetero) is 1. The molecular formula is C22H22F2O7. The second-order valence-electron chi connectivity index (χ2n) is 6.66. The van der Waals surface area contributed by atoms with Crippen LogP contribution in [0.5, 0.6) is 23.0 Å². The van der Waals surface area contributed by atoms with Gasteiger partial charge in [-0.2, -0.15) is 8.78 Å². The van der Waals surface area contributed by atoms with Crippen LogP contribution in [-0.4, -0.2) is 38.7 Å². The summed E-state index contributed by atoms with van der Waals surface area (Å²) < 4.78 is 50.4. The normalized spacial score (nSPS) is 12.8. The van der Waals surface area contributed by atoms with Crippen LogP contribution in [0.3, 0.4) is 0 Å². The van der Waals surface area contributed by atoms with E-state index in [2.05, 4.69) is 4.74 Å². The van der Waals surface area contributed by atoms with Gasteiger partial charge in [0.15, 0.2) is 28.8 Å². The Morgan fingerprint density at radius 2 is 1.77 bits per heavy atom. The standard InChI is InChI=1S/C22H22F2O7/c1-27-19-11-14(3-6-18(19)31-22(23)24)13-30-21(26)8-5-16(25)15-4-7-17-20(12-15)29-10-2-9-28-17/h3-4,6-7,11-12,22H,2,5,8-10,13H2,1H3. The molecular weight excluding hydrogens is 414 g/mol. The zero-order valence-electron chi connectivity index (χ0n) is 16.9. The van der Waals surface area contributed by atoms with Crippen molar-refractivity contribution in [2.24, 2.45) is 0 Å². The molecule has 0 amide bonds. The van der Waals surface area contributed by atoms with Gasteiger partial charge >= 0.3 is 12.6 Å². The van der Waals surface area contributed by atoms with Crippen molar-refractivity contribution in [1.29, 1.82) is 0 Å². The molecule has 2 aromatic rings. The van der Waals surface area contributed by atoms with Crippen LogP contribution in [-0.2, 0) is 16.1 Å². The number of rotatable bonds is 9. The summed E-state index contributed by atoms with van der Waals surface area (Å²) in [7, 11) is 1.31. The Morgan fingerprint density at radius 1 is 1.00 bits per heavy atom. The Labute approximate surface area is 177 Å². The summed E-state index contributed by atoms with van der Waals surface area (Å²) in [5, 5.41) is 0. The van der Waals surface area contributed by atoms with Crippen molar-refractivity contribution in [3.63, 3.8) is 0 Å². The number of carbonyl (C=O) groups excluding carboxylic acids is 2. The summed E-state index contributed by atoms with van der Waals surface area (Å²) in [6, 6.07) is 9.16. The maximum Gasteiger partial charge on any atom is 0.387 e. The predicted molar refractivity (Wildman–Crippen MR) is 105 cm³/mol. The van der Waals surface area contributed by atoms with Gasteiger partial charge in [0.25, 0.3) is 0 Å². The lowest BCUT2D eigenvalue weighted by Gasteiger charge is -2.12. The van der Waals surface area contributed by atoms with Gasteiger partial charge in [0.1, 0.15) is 6.61 Å². The molecule has 0 aliphatic carbocycles. The fourth-order valence-electron chi connectivity index (χ4n) is 2.93. The Morgan fingerprint density at radius 3 is 2.52 bits per heavy atom. The Hall–Kier alpha value is -3.36. The number of alkyl halides is 2. The molecule has 1 aliphatic heterocycles. The number of ketones is 1. The molecule has 0 bridgehead atoms. The van der Waals surface area contributed by atoms with Gasteiger partial charge in [0, 0.05) is 18.4 Å². The molecule has 166 valence electrons. The summed E-state index contributed by atoms with van der Waals surface area (Å²) in [5.41, 5.74) is 0.956. The van der Waals surface area contributed by atoms with Gasteiger partial charge in [-0.1, -0.05) is 6.07 Å². The van der Waals surface area contributed by atoms with Gasteiger partial charge < -0.3 is 23.7 Å². The summed E-state index contributed by atoms with van der Waals surface area (Å²) in [6.45, 7) is -2.01. The molecule has 2 aromatic carbocycles. The second-order valence-corrected chi connectivity index (χ2v) is 6.66. The Bertz CT molecular complexity index is 930. The average Bonchev–Trinajstić information content (AvgIpc) is 3.01. The molecule has 0 saturated carbocycles. The number of hydrogen-bond donors (Lipinski definition) is 0. The summed E-state index contributed by atoms with van der Waals surface area (Å²) in [5.74, 6) is 0.303. The Balaban J connectivity index is 1.50. The molecule has 1 heterocycles. The summed E-state index contributed by atoms with van der Waals surface area (Å²) in [4.78, 5) is 24.4. The van der Waals surface area contributed by atoms with Gasteiger partial charge in [-0.15, -0.1) is 0 Å². The lowest BCUT2D eigenvalue weighted by Crippen LogP contribution is -2.09. The number of esters is 1. The molecule has 0 atom stereocenters. The number of benzene rings is 2. The minimum atomic E-state index is -2.98. The number of hydrogen-bond acceptors (Lipinski definition) is 7. The van der Waals surface area contributed by atoms with E-state index in [1.54, 1.807) is 18.2 Å². The Kier molecular flexibility index (Phi) is 7.64. The van der Waals surface area contributed by atoms with Crippen molar-refractivity contribution in [3.8, 4) is 23.0 Å². The van der Waals surface area contributed by atoms with Crippen LogP contribution in [0, 0.1) is 0 Å². The largest absolute Gasteiger partial charge is 0.493 e. The van der Waals surface area contributed by atoms with Gasteiger partial charge in [0.05, 0.1) is 26.7 Å². The molecule has 0 aromatic heterocycles. The van der Waals surface area contributed by atoms with Crippen molar-refractivity contribution >= 4 is 11.8 Å². The lowest BCUT2D eigenvalue weighted by molar-refractivity contribution is -0.144. The lowest BCUT2D eigenvalue weighted by atomic mass is 10.1. The van der Waals surface area contributed by atoms with Crippen molar-refractivity contribution in [2.45, 2.75) is 32.5 Å². The quantitative estimate of drug-likeness (QED) is 0.431. The van der Waals surface area contributed by atoms with Gasteiger partial charge in [0.2, 0.25) is 0 Å². The van der Waals surface area contributed by atoms with E-state index in [1.807, 2.05) is 0 Å². The van der Waals surface area contributed by atoms with E-state index in [0.717, 1.165) is 6.42 Å². The van der Waals surface area contributed by atoms with Crippen LogP contribution in [0.15, 0.2) is 36.4 Å². The predicted octanol–water partition coefficient (Wildman–Crippen LogP) is 4.16.